The predicted octanol–water partition coefficient (Wildman–Crippen LogP) is 3.96. The molecule has 0 heterocycles. The van der Waals surface area contributed by atoms with Crippen LogP contribution < -0.4 is 14.4 Å². The summed E-state index contributed by atoms with van der Waals surface area (Å²) in [6.45, 7) is 6.62. The number of benzene rings is 2. The fourth-order valence-electron chi connectivity index (χ4n) is 3.88. The molecule has 204 valence electrons. The van der Waals surface area contributed by atoms with E-state index in [1.165, 1.54) is 24.3 Å². The second kappa shape index (κ2) is 14.0. The van der Waals surface area contributed by atoms with Gasteiger partial charge >= 0.3 is 0 Å². The first-order chi connectivity index (χ1) is 17.5. The van der Waals surface area contributed by atoms with Gasteiger partial charge in [0.2, 0.25) is 21.8 Å². The number of ether oxygens (including phenoxy) is 1. The summed E-state index contributed by atoms with van der Waals surface area (Å²) in [5, 5.41) is 2.92. The van der Waals surface area contributed by atoms with Gasteiger partial charge in [0.05, 0.1) is 19.1 Å². The molecule has 10 heteroatoms. The fraction of sp³-hybridized carbons (Fsp3) is 0.481. The van der Waals surface area contributed by atoms with Crippen LogP contribution >= 0.6 is 0 Å². The van der Waals surface area contributed by atoms with Gasteiger partial charge in [0.1, 0.15) is 17.6 Å². The van der Waals surface area contributed by atoms with Gasteiger partial charge in [0.25, 0.3) is 0 Å². The smallest absolute Gasteiger partial charge is 0.242 e. The maximum absolute atomic E-state index is 13.4. The van der Waals surface area contributed by atoms with Gasteiger partial charge in [-0.05, 0) is 60.7 Å². The molecule has 2 aromatic rings. The van der Waals surface area contributed by atoms with E-state index in [1.54, 1.807) is 24.1 Å². The van der Waals surface area contributed by atoms with Gasteiger partial charge in [-0.3, -0.25) is 13.9 Å². The van der Waals surface area contributed by atoms with E-state index in [0.29, 0.717) is 24.4 Å². The minimum Gasteiger partial charge on any atom is -0.497 e. The van der Waals surface area contributed by atoms with Crippen molar-refractivity contribution in [3.63, 3.8) is 0 Å². The van der Waals surface area contributed by atoms with Crippen LogP contribution in [-0.2, 0) is 26.2 Å². The third-order valence-electron chi connectivity index (χ3n) is 5.85. The van der Waals surface area contributed by atoms with Gasteiger partial charge in [-0.25, -0.2) is 12.8 Å². The molecule has 1 N–H and O–H groups in total. The van der Waals surface area contributed by atoms with Gasteiger partial charge in [0, 0.05) is 26.1 Å². The summed E-state index contributed by atoms with van der Waals surface area (Å²) in [6, 6.07) is 11.8. The molecule has 0 saturated carbocycles. The Bertz CT molecular complexity index is 1120. The molecule has 0 aliphatic carbocycles. The predicted molar refractivity (Wildman–Crippen MR) is 143 cm³/mol. The van der Waals surface area contributed by atoms with Crippen molar-refractivity contribution in [2.45, 2.75) is 52.6 Å². The Morgan fingerprint density at radius 3 is 2.19 bits per heavy atom. The van der Waals surface area contributed by atoms with E-state index in [0.717, 1.165) is 16.1 Å². The standard InChI is InChI=1S/C27H38FN3O5S/c1-6-25(27(33)29-18-20(2)3)30(19-21-9-15-24(36-4)16-10-21)26(32)8-7-17-31(37(5,34)35)23-13-11-22(28)12-14-23/h9-16,20,25H,6-8,17-19H2,1-5H3,(H,29,33). The molecule has 0 spiro atoms. The number of hydrogen-bond donors (Lipinski definition) is 1. The van der Waals surface area contributed by atoms with E-state index in [-0.39, 0.29) is 43.7 Å². The zero-order valence-electron chi connectivity index (χ0n) is 22.2. The average Bonchev–Trinajstić information content (AvgIpc) is 2.85. The molecule has 0 radical (unpaired) electrons. The molecule has 1 atom stereocenters. The zero-order valence-corrected chi connectivity index (χ0v) is 23.1. The Hall–Kier alpha value is -3.14. The van der Waals surface area contributed by atoms with Crippen molar-refractivity contribution in [3.8, 4) is 5.75 Å². The number of methoxy groups -OCH3 is 1. The second-order valence-corrected chi connectivity index (χ2v) is 11.3. The third kappa shape index (κ3) is 9.35. The van der Waals surface area contributed by atoms with Crippen LogP contribution in [0.5, 0.6) is 5.75 Å². The Balaban J connectivity index is 2.20. The quantitative estimate of drug-likeness (QED) is 0.395. The average molecular weight is 536 g/mol. The highest BCUT2D eigenvalue weighted by molar-refractivity contribution is 7.92. The third-order valence-corrected chi connectivity index (χ3v) is 7.04. The van der Waals surface area contributed by atoms with Crippen LogP contribution in [0.1, 0.15) is 45.6 Å². The highest BCUT2D eigenvalue weighted by atomic mass is 32.2. The van der Waals surface area contributed by atoms with E-state index in [4.69, 9.17) is 4.74 Å². The monoisotopic (exact) mass is 535 g/mol. The minimum atomic E-state index is -3.64. The van der Waals surface area contributed by atoms with Gasteiger partial charge in [-0.15, -0.1) is 0 Å². The number of halogens is 1. The number of nitrogens with zero attached hydrogens (tertiary/aromatic N) is 2. The summed E-state index contributed by atoms with van der Waals surface area (Å²) < 4.78 is 44.4. The highest BCUT2D eigenvalue weighted by Crippen LogP contribution is 2.21. The van der Waals surface area contributed by atoms with Crippen molar-refractivity contribution in [2.24, 2.45) is 5.92 Å². The zero-order chi connectivity index (χ0) is 27.6. The summed E-state index contributed by atoms with van der Waals surface area (Å²) in [4.78, 5) is 28.0. The molecule has 1 unspecified atom stereocenters. The van der Waals surface area contributed by atoms with Crippen LogP contribution in [-0.4, -0.2) is 57.6 Å². The number of carbonyl (C=O) groups is 2. The number of sulfonamides is 1. The maximum atomic E-state index is 13.4. The lowest BCUT2D eigenvalue weighted by atomic mass is 10.1. The number of rotatable bonds is 14. The lowest BCUT2D eigenvalue weighted by molar-refractivity contribution is -0.141. The van der Waals surface area contributed by atoms with Crippen LogP contribution in [0.15, 0.2) is 48.5 Å². The highest BCUT2D eigenvalue weighted by Gasteiger charge is 2.29. The second-order valence-electron chi connectivity index (χ2n) is 9.35. The topological polar surface area (TPSA) is 96.0 Å². The van der Waals surface area contributed by atoms with Crippen LogP contribution in [0.2, 0.25) is 0 Å². The van der Waals surface area contributed by atoms with E-state index >= 15 is 0 Å². The first kappa shape index (κ1) is 30.1. The van der Waals surface area contributed by atoms with E-state index < -0.39 is 21.9 Å². The molecule has 8 nitrogen and oxygen atoms in total. The van der Waals surface area contributed by atoms with Gasteiger partial charge in [0.15, 0.2) is 0 Å². The van der Waals surface area contributed by atoms with Crippen molar-refractivity contribution in [1.29, 1.82) is 0 Å². The summed E-state index contributed by atoms with van der Waals surface area (Å²) in [6.07, 6.45) is 1.76. The normalized spacial score (nSPS) is 12.2. The van der Waals surface area contributed by atoms with Crippen molar-refractivity contribution >= 4 is 27.5 Å². The molecular weight excluding hydrogens is 497 g/mol. The van der Waals surface area contributed by atoms with E-state index in [9.17, 15) is 22.4 Å². The van der Waals surface area contributed by atoms with Crippen molar-refractivity contribution in [2.75, 3.05) is 30.8 Å². The minimum absolute atomic E-state index is 0.0390. The number of nitrogens with one attached hydrogen (secondary N) is 1. The Kier molecular flexibility index (Phi) is 11.4. The molecule has 0 aliphatic rings. The van der Waals surface area contributed by atoms with Crippen LogP contribution in [0.25, 0.3) is 0 Å². The van der Waals surface area contributed by atoms with Gasteiger partial charge in [-0.2, -0.15) is 0 Å². The van der Waals surface area contributed by atoms with Crippen LogP contribution in [0.4, 0.5) is 10.1 Å². The summed E-state index contributed by atoms with van der Waals surface area (Å²) >= 11 is 0. The molecule has 2 aromatic carbocycles. The molecule has 2 amide bonds. The molecule has 0 aromatic heterocycles. The van der Waals surface area contributed by atoms with Crippen molar-refractivity contribution in [3.05, 3.63) is 59.9 Å². The lowest BCUT2D eigenvalue weighted by Gasteiger charge is -2.31. The number of anilines is 1. The van der Waals surface area contributed by atoms with Gasteiger partial charge in [-0.1, -0.05) is 32.9 Å². The first-order valence-corrected chi connectivity index (χ1v) is 14.2. The largest absolute Gasteiger partial charge is 0.497 e. The summed E-state index contributed by atoms with van der Waals surface area (Å²) in [5.41, 5.74) is 1.17. The lowest BCUT2D eigenvalue weighted by Crippen LogP contribution is -2.49. The molecule has 0 saturated heterocycles. The van der Waals surface area contributed by atoms with Crippen LogP contribution in [0, 0.1) is 11.7 Å². The Labute approximate surface area is 219 Å². The maximum Gasteiger partial charge on any atom is 0.242 e. The fourth-order valence-corrected chi connectivity index (χ4v) is 4.85. The Morgan fingerprint density at radius 2 is 1.68 bits per heavy atom. The van der Waals surface area contributed by atoms with Gasteiger partial charge < -0.3 is 15.0 Å². The summed E-state index contributed by atoms with van der Waals surface area (Å²) in [5.74, 6) is 0.00518. The van der Waals surface area contributed by atoms with E-state index in [1.807, 2.05) is 32.9 Å². The summed E-state index contributed by atoms with van der Waals surface area (Å²) in [7, 11) is -2.07. The molecular formula is C27H38FN3O5S. The first-order valence-electron chi connectivity index (χ1n) is 12.4. The SMILES string of the molecule is CCC(C(=O)NCC(C)C)N(Cc1ccc(OC)cc1)C(=O)CCCN(c1ccc(F)cc1)S(C)(=O)=O. The van der Waals surface area contributed by atoms with E-state index in [2.05, 4.69) is 5.32 Å². The Morgan fingerprint density at radius 1 is 1.05 bits per heavy atom. The molecule has 0 bridgehead atoms. The molecule has 37 heavy (non-hydrogen) atoms. The molecule has 0 fully saturated rings. The number of carbonyl (C=O) groups excluding carboxylic acids is 2. The molecule has 0 aliphatic heterocycles. The van der Waals surface area contributed by atoms with Crippen molar-refractivity contribution < 1.29 is 27.1 Å². The van der Waals surface area contributed by atoms with Crippen LogP contribution in [0.3, 0.4) is 0 Å². The molecule has 2 rings (SSSR count). The number of hydrogen-bond acceptors (Lipinski definition) is 5. The van der Waals surface area contributed by atoms with Crippen molar-refractivity contribution in [1.82, 2.24) is 10.2 Å². The number of amides is 2.